The minimum Gasteiger partial charge on any atom is -0.506 e. The van der Waals surface area contributed by atoms with Crippen molar-refractivity contribution in [1.29, 1.82) is 0 Å². The smallest absolute Gasteiger partial charge is 0.335 e. The maximum atomic E-state index is 10.7. The Morgan fingerprint density at radius 3 is 2.79 bits per heavy atom. The summed E-state index contributed by atoms with van der Waals surface area (Å²) in [5.41, 5.74) is 6.11. The van der Waals surface area contributed by atoms with Gasteiger partial charge < -0.3 is 15.9 Å². The summed E-state index contributed by atoms with van der Waals surface area (Å²) in [6, 6.07) is 2.81. The lowest BCUT2D eigenvalue weighted by Gasteiger charge is -1.99. The highest BCUT2D eigenvalue weighted by atomic mass is 32.1. The van der Waals surface area contributed by atoms with Crippen molar-refractivity contribution in [3.63, 3.8) is 0 Å². The zero-order valence-corrected chi connectivity index (χ0v) is 7.84. The first-order valence-corrected chi connectivity index (χ1v) is 4.70. The van der Waals surface area contributed by atoms with E-state index in [4.69, 9.17) is 10.8 Å². The minimum absolute atomic E-state index is 0.0693. The third-order valence-corrected chi connectivity index (χ3v) is 2.96. The molecule has 0 amide bonds. The van der Waals surface area contributed by atoms with Crippen molar-refractivity contribution in [3.05, 3.63) is 23.1 Å². The molecule has 4 N–H and O–H groups in total. The van der Waals surface area contributed by atoms with Gasteiger partial charge in [0.05, 0.1) is 16.0 Å². The van der Waals surface area contributed by atoms with E-state index in [-0.39, 0.29) is 11.3 Å². The highest BCUT2D eigenvalue weighted by molar-refractivity contribution is 7.18. The first-order chi connectivity index (χ1) is 6.59. The maximum absolute atomic E-state index is 10.7. The number of hydrogen-bond donors (Lipinski definition) is 3. The zero-order valence-electron chi connectivity index (χ0n) is 7.02. The monoisotopic (exact) mass is 209 g/mol. The summed E-state index contributed by atoms with van der Waals surface area (Å²) in [5, 5.41) is 20.2. The summed E-state index contributed by atoms with van der Waals surface area (Å²) in [4.78, 5) is 10.7. The number of nitrogens with two attached hydrogens (primary N) is 1. The Morgan fingerprint density at radius 1 is 1.43 bits per heavy atom. The number of carboxylic acids is 1. The van der Waals surface area contributed by atoms with Crippen molar-refractivity contribution in [3.8, 4) is 5.75 Å². The van der Waals surface area contributed by atoms with Gasteiger partial charge in [0.25, 0.3) is 0 Å². The van der Waals surface area contributed by atoms with E-state index in [0.717, 1.165) is 0 Å². The van der Waals surface area contributed by atoms with E-state index >= 15 is 0 Å². The first-order valence-electron chi connectivity index (χ1n) is 3.82. The molecular formula is C9H7NO3S. The molecule has 0 radical (unpaired) electrons. The third-order valence-electron chi connectivity index (χ3n) is 1.93. The first kappa shape index (κ1) is 8.83. The van der Waals surface area contributed by atoms with Crippen LogP contribution in [0.3, 0.4) is 0 Å². The van der Waals surface area contributed by atoms with E-state index in [1.165, 1.54) is 28.8 Å². The fourth-order valence-electron chi connectivity index (χ4n) is 1.27. The second-order valence-electron chi connectivity index (χ2n) is 2.87. The molecule has 1 aromatic carbocycles. The Balaban J connectivity index is 2.82. The molecule has 72 valence electrons. The second kappa shape index (κ2) is 2.88. The lowest BCUT2D eigenvalue weighted by Crippen LogP contribution is -1.97. The number of aromatic carboxylic acids is 1. The van der Waals surface area contributed by atoms with Gasteiger partial charge in [-0.05, 0) is 12.1 Å². The van der Waals surface area contributed by atoms with Crippen LogP contribution in [0.15, 0.2) is 17.5 Å². The van der Waals surface area contributed by atoms with Gasteiger partial charge in [0.15, 0.2) is 0 Å². The van der Waals surface area contributed by atoms with Crippen molar-refractivity contribution < 1.29 is 15.0 Å². The summed E-state index contributed by atoms with van der Waals surface area (Å²) < 4.78 is 0.715. The molecule has 0 aliphatic carbocycles. The van der Waals surface area contributed by atoms with Gasteiger partial charge in [0.1, 0.15) is 5.75 Å². The fourth-order valence-corrected chi connectivity index (χ4v) is 2.12. The van der Waals surface area contributed by atoms with Gasteiger partial charge in [0, 0.05) is 10.8 Å². The lowest BCUT2D eigenvalue weighted by atomic mass is 10.1. The SMILES string of the molecule is Nc1cc(C(=O)O)cc2c(O)csc12. The molecule has 0 spiro atoms. The molecule has 0 unspecified atom stereocenters. The number of rotatable bonds is 1. The van der Waals surface area contributed by atoms with Crippen molar-refractivity contribution in [2.45, 2.75) is 0 Å². The van der Waals surface area contributed by atoms with Gasteiger partial charge in [-0.3, -0.25) is 0 Å². The van der Waals surface area contributed by atoms with Crippen LogP contribution in [0.1, 0.15) is 10.4 Å². The number of carbonyl (C=O) groups is 1. The number of carboxylic acid groups (broad SMARTS) is 1. The molecule has 1 heterocycles. The highest BCUT2D eigenvalue weighted by Crippen LogP contribution is 2.35. The van der Waals surface area contributed by atoms with Crippen LogP contribution >= 0.6 is 11.3 Å². The van der Waals surface area contributed by atoms with Crippen LogP contribution in [0.4, 0.5) is 5.69 Å². The summed E-state index contributed by atoms with van der Waals surface area (Å²) in [6.07, 6.45) is 0. The van der Waals surface area contributed by atoms with Crippen LogP contribution in [0.5, 0.6) is 5.75 Å². The molecular weight excluding hydrogens is 202 g/mol. The number of anilines is 1. The van der Waals surface area contributed by atoms with Crippen molar-refractivity contribution in [2.75, 3.05) is 5.73 Å². The van der Waals surface area contributed by atoms with Crippen LogP contribution in [0.2, 0.25) is 0 Å². The average molecular weight is 209 g/mol. The molecule has 0 aliphatic heterocycles. The molecule has 14 heavy (non-hydrogen) atoms. The Bertz CT molecular complexity index is 518. The molecule has 0 aliphatic rings. The number of benzene rings is 1. The Kier molecular flexibility index (Phi) is 1.82. The van der Waals surface area contributed by atoms with Crippen LogP contribution in [0, 0.1) is 0 Å². The summed E-state index contributed by atoms with van der Waals surface area (Å²) in [6.45, 7) is 0. The van der Waals surface area contributed by atoms with Gasteiger partial charge in [0.2, 0.25) is 0 Å². The summed E-state index contributed by atoms with van der Waals surface area (Å²) in [5.74, 6) is -0.982. The molecule has 0 atom stereocenters. The molecule has 0 fully saturated rings. The van der Waals surface area contributed by atoms with E-state index in [1.54, 1.807) is 0 Å². The van der Waals surface area contributed by atoms with Gasteiger partial charge in [-0.25, -0.2) is 4.79 Å². The Hall–Kier alpha value is -1.75. The largest absolute Gasteiger partial charge is 0.506 e. The van der Waals surface area contributed by atoms with Crippen LogP contribution in [-0.4, -0.2) is 16.2 Å². The normalized spacial score (nSPS) is 10.6. The summed E-state index contributed by atoms with van der Waals surface area (Å²) >= 11 is 1.29. The minimum atomic E-state index is -1.05. The third kappa shape index (κ3) is 1.18. The van der Waals surface area contributed by atoms with Crippen molar-refractivity contribution >= 4 is 33.1 Å². The molecule has 0 saturated carbocycles. The average Bonchev–Trinajstić information content (AvgIpc) is 2.48. The van der Waals surface area contributed by atoms with E-state index in [0.29, 0.717) is 15.8 Å². The predicted molar refractivity (Wildman–Crippen MR) is 54.9 cm³/mol. The number of nitrogen functional groups attached to an aromatic ring is 1. The van der Waals surface area contributed by atoms with Crippen LogP contribution in [0.25, 0.3) is 10.1 Å². The number of fused-ring (bicyclic) bond motifs is 1. The van der Waals surface area contributed by atoms with Gasteiger partial charge in [-0.1, -0.05) is 0 Å². The zero-order chi connectivity index (χ0) is 10.3. The van der Waals surface area contributed by atoms with Crippen molar-refractivity contribution in [2.24, 2.45) is 0 Å². The van der Waals surface area contributed by atoms with Gasteiger partial charge in [-0.2, -0.15) is 0 Å². The standard InChI is InChI=1S/C9H7NO3S/c10-6-2-4(9(12)13)1-5-7(11)3-14-8(5)6/h1-3,11H,10H2,(H,12,13). The van der Waals surface area contributed by atoms with Gasteiger partial charge >= 0.3 is 5.97 Å². The Labute approximate surface area is 83.2 Å². The van der Waals surface area contributed by atoms with E-state index in [9.17, 15) is 9.90 Å². The van der Waals surface area contributed by atoms with E-state index < -0.39 is 5.97 Å². The quantitative estimate of drug-likeness (QED) is 0.626. The molecule has 4 nitrogen and oxygen atoms in total. The van der Waals surface area contributed by atoms with Crippen LogP contribution < -0.4 is 5.73 Å². The predicted octanol–water partition coefficient (Wildman–Crippen LogP) is 1.89. The summed E-state index contributed by atoms with van der Waals surface area (Å²) in [7, 11) is 0. The topological polar surface area (TPSA) is 83.6 Å². The van der Waals surface area contributed by atoms with Crippen LogP contribution in [-0.2, 0) is 0 Å². The number of hydrogen-bond acceptors (Lipinski definition) is 4. The molecule has 0 bridgehead atoms. The molecule has 2 rings (SSSR count). The molecule has 5 heteroatoms. The number of aromatic hydroxyl groups is 1. The second-order valence-corrected chi connectivity index (χ2v) is 3.75. The fraction of sp³-hybridized carbons (Fsp3) is 0. The highest BCUT2D eigenvalue weighted by Gasteiger charge is 2.11. The number of thiophene rings is 1. The molecule has 1 aromatic heterocycles. The van der Waals surface area contributed by atoms with E-state index in [2.05, 4.69) is 0 Å². The lowest BCUT2D eigenvalue weighted by molar-refractivity contribution is 0.0697. The Morgan fingerprint density at radius 2 is 2.14 bits per heavy atom. The molecule has 2 aromatic rings. The van der Waals surface area contributed by atoms with Gasteiger partial charge in [-0.15, -0.1) is 11.3 Å². The maximum Gasteiger partial charge on any atom is 0.335 e. The van der Waals surface area contributed by atoms with E-state index in [1.807, 2.05) is 0 Å². The van der Waals surface area contributed by atoms with Crippen molar-refractivity contribution in [1.82, 2.24) is 0 Å². The molecule has 0 saturated heterocycles.